The summed E-state index contributed by atoms with van der Waals surface area (Å²) in [6, 6.07) is 15.0. The third-order valence-electron chi connectivity index (χ3n) is 4.37. The fraction of sp³-hybridized carbons (Fsp3) is 0.278. The van der Waals surface area contributed by atoms with Crippen LogP contribution in [0.4, 0.5) is 5.69 Å². The molecule has 6 nitrogen and oxygen atoms in total. The number of carbonyl (C=O) groups is 1. The third-order valence-corrected chi connectivity index (χ3v) is 6.15. The summed E-state index contributed by atoms with van der Waals surface area (Å²) in [5.74, 6) is -0.188. The van der Waals surface area contributed by atoms with Gasteiger partial charge in [0.1, 0.15) is 0 Å². The van der Waals surface area contributed by atoms with Crippen molar-refractivity contribution in [1.29, 1.82) is 0 Å². The Hall–Kier alpha value is -2.38. The van der Waals surface area contributed by atoms with Crippen LogP contribution in [0.15, 0.2) is 59.5 Å². The molecule has 1 saturated heterocycles. The zero-order valence-electron chi connectivity index (χ0n) is 14.0. The first kappa shape index (κ1) is 17.4. The molecule has 1 aliphatic heterocycles. The lowest BCUT2D eigenvalue weighted by molar-refractivity contribution is 0.0790. The van der Waals surface area contributed by atoms with E-state index in [0.29, 0.717) is 24.3 Å². The van der Waals surface area contributed by atoms with Gasteiger partial charge < -0.3 is 10.6 Å². The van der Waals surface area contributed by atoms with Crippen molar-refractivity contribution in [1.82, 2.24) is 4.90 Å². The fourth-order valence-corrected chi connectivity index (χ4v) is 4.12. The number of hydrogen-bond acceptors (Lipinski definition) is 4. The van der Waals surface area contributed by atoms with E-state index in [1.807, 2.05) is 6.07 Å². The topological polar surface area (TPSA) is 83.7 Å². The van der Waals surface area contributed by atoms with Crippen LogP contribution in [0.5, 0.6) is 0 Å². The molecule has 0 saturated carbocycles. The summed E-state index contributed by atoms with van der Waals surface area (Å²) < 4.78 is 26.9. The normalized spacial score (nSPS) is 17.5. The minimum Gasteiger partial charge on any atom is -0.337 e. The van der Waals surface area contributed by atoms with E-state index in [4.69, 9.17) is 5.73 Å². The van der Waals surface area contributed by atoms with Crippen LogP contribution in [0.3, 0.4) is 0 Å². The standard InChI is InChI=1S/C18H21N3O3S/c1-20(16-7-3-2-4-8-16)25(23,24)17-9-5-6-14(12-17)18(22)21-11-10-15(19)13-21/h2-9,12,15H,10-11,13,19H2,1H3/t15-/m1/s1. The number of nitrogens with zero attached hydrogens (tertiary/aromatic N) is 2. The van der Waals surface area contributed by atoms with Crippen molar-refractivity contribution >= 4 is 21.6 Å². The predicted molar refractivity (Wildman–Crippen MR) is 97.0 cm³/mol. The average molecular weight is 359 g/mol. The number of nitrogens with two attached hydrogens (primary N) is 1. The van der Waals surface area contributed by atoms with Gasteiger partial charge in [-0.15, -0.1) is 0 Å². The predicted octanol–water partition coefficient (Wildman–Crippen LogP) is 1.68. The van der Waals surface area contributed by atoms with Crippen molar-refractivity contribution in [2.45, 2.75) is 17.4 Å². The van der Waals surface area contributed by atoms with Crippen LogP contribution in [-0.4, -0.2) is 45.4 Å². The monoisotopic (exact) mass is 359 g/mol. The Morgan fingerprint density at radius 3 is 2.52 bits per heavy atom. The SMILES string of the molecule is CN(c1ccccc1)S(=O)(=O)c1cccc(C(=O)N2CC[C@@H](N)C2)c1. The van der Waals surface area contributed by atoms with Crippen LogP contribution in [0.25, 0.3) is 0 Å². The number of carbonyl (C=O) groups excluding carboxylic acids is 1. The summed E-state index contributed by atoms with van der Waals surface area (Å²) in [6.07, 6.45) is 0.764. The molecule has 1 fully saturated rings. The van der Waals surface area contributed by atoms with Gasteiger partial charge >= 0.3 is 0 Å². The molecular formula is C18H21N3O3S. The van der Waals surface area contributed by atoms with E-state index in [0.717, 1.165) is 6.42 Å². The van der Waals surface area contributed by atoms with E-state index in [1.165, 1.54) is 23.5 Å². The number of sulfonamides is 1. The molecule has 0 bridgehead atoms. The van der Waals surface area contributed by atoms with Gasteiger partial charge in [0.05, 0.1) is 10.6 Å². The molecule has 0 aromatic heterocycles. The zero-order chi connectivity index (χ0) is 18.0. The van der Waals surface area contributed by atoms with Crippen LogP contribution in [0, 0.1) is 0 Å². The quantitative estimate of drug-likeness (QED) is 0.900. The van der Waals surface area contributed by atoms with Gasteiger partial charge in [-0.2, -0.15) is 0 Å². The fourth-order valence-electron chi connectivity index (χ4n) is 2.88. The molecule has 1 heterocycles. The molecule has 2 N–H and O–H groups in total. The van der Waals surface area contributed by atoms with Gasteiger partial charge in [0.15, 0.2) is 0 Å². The minimum absolute atomic E-state index is 0.0138. The third kappa shape index (κ3) is 3.52. The van der Waals surface area contributed by atoms with Crippen molar-refractivity contribution in [3.63, 3.8) is 0 Å². The largest absolute Gasteiger partial charge is 0.337 e. The lowest BCUT2D eigenvalue weighted by Crippen LogP contribution is -2.32. The maximum absolute atomic E-state index is 12.9. The molecule has 0 unspecified atom stereocenters. The number of para-hydroxylation sites is 1. The lowest BCUT2D eigenvalue weighted by Gasteiger charge is -2.20. The first-order chi connectivity index (χ1) is 11.9. The Balaban J connectivity index is 1.89. The Bertz CT molecular complexity index is 868. The van der Waals surface area contributed by atoms with E-state index in [9.17, 15) is 13.2 Å². The van der Waals surface area contributed by atoms with Crippen molar-refractivity contribution in [2.24, 2.45) is 5.73 Å². The molecule has 25 heavy (non-hydrogen) atoms. The highest BCUT2D eigenvalue weighted by Gasteiger charge is 2.26. The summed E-state index contributed by atoms with van der Waals surface area (Å²) in [6.45, 7) is 1.10. The molecule has 1 aliphatic rings. The van der Waals surface area contributed by atoms with Crippen molar-refractivity contribution in [3.8, 4) is 0 Å². The number of rotatable bonds is 4. The smallest absolute Gasteiger partial charge is 0.264 e. The number of anilines is 1. The maximum atomic E-state index is 12.9. The molecule has 2 aromatic carbocycles. The molecule has 1 atom stereocenters. The molecule has 1 amide bonds. The zero-order valence-corrected chi connectivity index (χ0v) is 14.8. The Kier molecular flexibility index (Phi) is 4.78. The number of amides is 1. The van der Waals surface area contributed by atoms with E-state index < -0.39 is 10.0 Å². The van der Waals surface area contributed by atoms with Gasteiger partial charge in [-0.1, -0.05) is 24.3 Å². The van der Waals surface area contributed by atoms with Gasteiger partial charge in [-0.3, -0.25) is 9.10 Å². The molecule has 0 spiro atoms. The number of hydrogen-bond donors (Lipinski definition) is 1. The summed E-state index contributed by atoms with van der Waals surface area (Å²) in [5, 5.41) is 0. The van der Waals surface area contributed by atoms with E-state index in [1.54, 1.807) is 41.3 Å². The van der Waals surface area contributed by atoms with Gasteiger partial charge in [-0.25, -0.2) is 8.42 Å². The minimum atomic E-state index is -3.74. The first-order valence-corrected chi connectivity index (χ1v) is 9.52. The number of likely N-dealkylation sites (tertiary alicyclic amines) is 1. The van der Waals surface area contributed by atoms with Crippen LogP contribution in [0.2, 0.25) is 0 Å². The van der Waals surface area contributed by atoms with Gasteiger partial charge in [0.2, 0.25) is 0 Å². The summed E-state index contributed by atoms with van der Waals surface area (Å²) >= 11 is 0. The molecular weight excluding hydrogens is 338 g/mol. The van der Waals surface area contributed by atoms with Gasteiger partial charge in [0, 0.05) is 31.7 Å². The Morgan fingerprint density at radius 1 is 1.16 bits per heavy atom. The second kappa shape index (κ2) is 6.85. The van der Waals surface area contributed by atoms with E-state index in [-0.39, 0.29) is 16.8 Å². The van der Waals surface area contributed by atoms with Crippen molar-refractivity contribution < 1.29 is 13.2 Å². The van der Waals surface area contributed by atoms with Gasteiger partial charge in [-0.05, 0) is 36.8 Å². The highest BCUT2D eigenvalue weighted by Crippen LogP contribution is 2.23. The Morgan fingerprint density at radius 2 is 1.88 bits per heavy atom. The summed E-state index contributed by atoms with van der Waals surface area (Å²) in [5.41, 5.74) is 6.77. The first-order valence-electron chi connectivity index (χ1n) is 8.08. The van der Waals surface area contributed by atoms with Crippen LogP contribution in [-0.2, 0) is 10.0 Å². The molecule has 3 rings (SSSR count). The summed E-state index contributed by atoms with van der Waals surface area (Å²) in [4.78, 5) is 14.3. The van der Waals surface area contributed by atoms with Crippen molar-refractivity contribution in [2.75, 3.05) is 24.4 Å². The highest BCUT2D eigenvalue weighted by molar-refractivity contribution is 7.92. The summed E-state index contributed by atoms with van der Waals surface area (Å²) in [7, 11) is -2.25. The molecule has 2 aromatic rings. The van der Waals surface area contributed by atoms with Crippen LogP contribution in [0.1, 0.15) is 16.8 Å². The highest BCUT2D eigenvalue weighted by atomic mass is 32.2. The average Bonchev–Trinajstić information content (AvgIpc) is 3.07. The second-order valence-electron chi connectivity index (χ2n) is 6.14. The Labute approximate surface area is 147 Å². The van der Waals surface area contributed by atoms with Crippen LogP contribution >= 0.6 is 0 Å². The van der Waals surface area contributed by atoms with Crippen LogP contribution < -0.4 is 10.0 Å². The number of benzene rings is 2. The van der Waals surface area contributed by atoms with Crippen molar-refractivity contribution in [3.05, 3.63) is 60.2 Å². The molecule has 7 heteroatoms. The molecule has 0 radical (unpaired) electrons. The molecule has 0 aliphatic carbocycles. The van der Waals surface area contributed by atoms with E-state index in [2.05, 4.69) is 0 Å². The maximum Gasteiger partial charge on any atom is 0.264 e. The van der Waals surface area contributed by atoms with Gasteiger partial charge in [0.25, 0.3) is 15.9 Å². The second-order valence-corrected chi connectivity index (χ2v) is 8.11. The van der Waals surface area contributed by atoms with E-state index >= 15 is 0 Å². The molecule has 132 valence electrons. The lowest BCUT2D eigenvalue weighted by atomic mass is 10.2.